The monoisotopic (exact) mass is 241 g/mol. The second-order valence-electron chi connectivity index (χ2n) is 4.26. The molecule has 1 atom stereocenters. The van der Waals surface area contributed by atoms with Gasteiger partial charge in [-0.15, -0.1) is 0 Å². The van der Waals surface area contributed by atoms with E-state index in [2.05, 4.69) is 10.5 Å². The Morgan fingerprint density at radius 3 is 2.00 bits per heavy atom. The summed E-state index contributed by atoms with van der Waals surface area (Å²) in [4.78, 5) is 21.9. The summed E-state index contributed by atoms with van der Waals surface area (Å²) < 4.78 is 42.4. The number of carbonyl (C=O) groups is 2. The van der Waals surface area contributed by atoms with Crippen molar-refractivity contribution in [3.8, 4) is 0 Å². The Hall–Kier alpha value is -1.27. The molecule has 0 aromatic rings. The van der Waals surface area contributed by atoms with E-state index in [0.29, 0.717) is 0 Å². The molecule has 0 fully saturated rings. The van der Waals surface area contributed by atoms with Gasteiger partial charge in [0.1, 0.15) is 5.60 Å². The van der Waals surface area contributed by atoms with E-state index in [9.17, 15) is 22.8 Å². The van der Waals surface area contributed by atoms with Crippen molar-refractivity contribution < 1.29 is 27.5 Å². The lowest BCUT2D eigenvalue weighted by Crippen LogP contribution is -2.47. The van der Waals surface area contributed by atoms with E-state index in [1.807, 2.05) is 0 Å². The van der Waals surface area contributed by atoms with Crippen LogP contribution in [0.1, 0.15) is 20.8 Å². The molecule has 0 aliphatic heterocycles. The number of amides is 1. The highest BCUT2D eigenvalue weighted by Crippen LogP contribution is 2.27. The molecule has 0 radical (unpaired) electrons. The third kappa shape index (κ3) is 4.08. The van der Waals surface area contributed by atoms with Crippen LogP contribution in [0.25, 0.3) is 0 Å². The summed E-state index contributed by atoms with van der Waals surface area (Å²) in [6.45, 7) is 2.13. The lowest BCUT2D eigenvalue weighted by Gasteiger charge is -2.25. The van der Waals surface area contributed by atoms with Crippen LogP contribution in [0.5, 0.6) is 0 Å². The largest absolute Gasteiger partial charge is 0.459 e. The molecule has 0 saturated heterocycles. The van der Waals surface area contributed by atoms with Crippen LogP contribution in [-0.2, 0) is 14.3 Å². The number of esters is 1. The fraction of sp³-hybridized carbons (Fsp3) is 0.778. The number of rotatable bonds is 4. The van der Waals surface area contributed by atoms with E-state index >= 15 is 0 Å². The molecular weight excluding hydrogens is 227 g/mol. The van der Waals surface area contributed by atoms with E-state index in [-0.39, 0.29) is 0 Å². The molecular formula is C9H14F3NO3. The second kappa shape index (κ2) is 4.71. The van der Waals surface area contributed by atoms with Crippen LogP contribution in [0, 0.1) is 5.92 Å². The van der Waals surface area contributed by atoms with Gasteiger partial charge in [-0.2, -0.15) is 0 Å². The summed E-state index contributed by atoms with van der Waals surface area (Å²) in [7, 11) is 0. The summed E-state index contributed by atoms with van der Waals surface area (Å²) in [6, 6.07) is 0. The molecule has 4 nitrogen and oxygen atoms in total. The van der Waals surface area contributed by atoms with Gasteiger partial charge in [0.25, 0.3) is 5.92 Å². The molecule has 16 heavy (non-hydrogen) atoms. The van der Waals surface area contributed by atoms with Gasteiger partial charge in [-0.05, 0) is 20.8 Å². The van der Waals surface area contributed by atoms with E-state index in [1.54, 1.807) is 0 Å². The van der Waals surface area contributed by atoms with Crippen molar-refractivity contribution in [1.82, 2.24) is 0 Å². The predicted octanol–water partition coefficient (Wildman–Crippen LogP) is 1.03. The molecule has 94 valence electrons. The minimum absolute atomic E-state index is 1.06. The SMILES string of the molecule is CC(C)(C)OC(=O)C(C(N)=O)C(F)(F)CF. The number of nitrogens with two attached hydrogens (primary N) is 1. The highest BCUT2D eigenvalue weighted by atomic mass is 19.3. The van der Waals surface area contributed by atoms with E-state index in [0.717, 1.165) is 0 Å². The van der Waals surface area contributed by atoms with Gasteiger partial charge in [-0.25, -0.2) is 13.2 Å². The van der Waals surface area contributed by atoms with Crippen molar-refractivity contribution in [2.24, 2.45) is 11.7 Å². The molecule has 7 heteroatoms. The topological polar surface area (TPSA) is 69.4 Å². The Balaban J connectivity index is 4.96. The Morgan fingerprint density at radius 2 is 1.75 bits per heavy atom. The number of halogens is 3. The van der Waals surface area contributed by atoms with Gasteiger partial charge < -0.3 is 10.5 Å². The van der Waals surface area contributed by atoms with E-state index in [1.165, 1.54) is 20.8 Å². The van der Waals surface area contributed by atoms with Crippen LogP contribution in [0.2, 0.25) is 0 Å². The molecule has 0 spiro atoms. The molecule has 0 saturated carbocycles. The number of primary amides is 1. The first-order valence-corrected chi connectivity index (χ1v) is 4.47. The highest BCUT2D eigenvalue weighted by Gasteiger charge is 2.50. The third-order valence-electron chi connectivity index (χ3n) is 1.53. The molecule has 1 unspecified atom stereocenters. The molecule has 0 heterocycles. The maximum atomic E-state index is 12.9. The van der Waals surface area contributed by atoms with Crippen LogP contribution < -0.4 is 5.73 Å². The van der Waals surface area contributed by atoms with Crippen LogP contribution in [-0.4, -0.2) is 30.1 Å². The van der Waals surface area contributed by atoms with Gasteiger partial charge in [0.15, 0.2) is 6.67 Å². The van der Waals surface area contributed by atoms with Gasteiger partial charge in [0, 0.05) is 0 Å². The minimum Gasteiger partial charge on any atom is -0.459 e. The van der Waals surface area contributed by atoms with Crippen molar-refractivity contribution in [2.75, 3.05) is 6.67 Å². The standard InChI is InChI=1S/C9H14F3NO3/c1-8(2,3)16-7(15)5(6(13)14)9(11,12)4-10/h5H,4H2,1-3H3,(H2,13,14). The number of hydrogen-bond donors (Lipinski definition) is 1. The predicted molar refractivity (Wildman–Crippen MR) is 49.5 cm³/mol. The highest BCUT2D eigenvalue weighted by molar-refractivity contribution is 5.98. The van der Waals surface area contributed by atoms with Gasteiger partial charge >= 0.3 is 5.97 Å². The molecule has 0 aliphatic carbocycles. The lowest BCUT2D eigenvalue weighted by molar-refractivity contribution is -0.178. The molecule has 0 aliphatic rings. The summed E-state index contributed by atoms with van der Waals surface area (Å²) in [5.41, 5.74) is 3.57. The summed E-state index contributed by atoms with van der Waals surface area (Å²) in [5.74, 6) is -9.88. The van der Waals surface area contributed by atoms with Gasteiger partial charge in [0.2, 0.25) is 11.8 Å². The van der Waals surface area contributed by atoms with Crippen molar-refractivity contribution in [3.63, 3.8) is 0 Å². The maximum absolute atomic E-state index is 12.9. The Bertz CT molecular complexity index is 286. The second-order valence-corrected chi connectivity index (χ2v) is 4.26. The maximum Gasteiger partial charge on any atom is 0.325 e. The average molecular weight is 241 g/mol. The first-order chi connectivity index (χ1) is 7.01. The minimum atomic E-state index is -4.14. The zero-order chi connectivity index (χ0) is 13.1. The fourth-order valence-electron chi connectivity index (χ4n) is 0.935. The molecule has 0 aromatic heterocycles. The Labute approximate surface area is 90.9 Å². The van der Waals surface area contributed by atoms with Crippen LogP contribution in [0.3, 0.4) is 0 Å². The van der Waals surface area contributed by atoms with Crippen LogP contribution in [0.4, 0.5) is 13.2 Å². The van der Waals surface area contributed by atoms with Crippen LogP contribution >= 0.6 is 0 Å². The van der Waals surface area contributed by atoms with Crippen molar-refractivity contribution in [3.05, 3.63) is 0 Å². The number of carbonyl (C=O) groups excluding carboxylic acids is 2. The Kier molecular flexibility index (Phi) is 4.34. The average Bonchev–Trinajstić information content (AvgIpc) is 1.98. The first-order valence-electron chi connectivity index (χ1n) is 4.47. The van der Waals surface area contributed by atoms with Crippen LogP contribution in [0.15, 0.2) is 0 Å². The number of ether oxygens (including phenoxy) is 1. The van der Waals surface area contributed by atoms with Crippen molar-refractivity contribution in [1.29, 1.82) is 0 Å². The lowest BCUT2D eigenvalue weighted by atomic mass is 10.0. The fourth-order valence-corrected chi connectivity index (χ4v) is 0.935. The number of alkyl halides is 3. The molecule has 0 bridgehead atoms. The summed E-state index contributed by atoms with van der Waals surface area (Å²) in [6.07, 6.45) is 0. The summed E-state index contributed by atoms with van der Waals surface area (Å²) in [5, 5.41) is 0. The molecule has 0 aromatic carbocycles. The summed E-state index contributed by atoms with van der Waals surface area (Å²) >= 11 is 0. The molecule has 0 rings (SSSR count). The molecule has 1 amide bonds. The smallest absolute Gasteiger partial charge is 0.325 e. The zero-order valence-corrected chi connectivity index (χ0v) is 9.22. The zero-order valence-electron chi connectivity index (χ0n) is 9.22. The molecule has 2 N–H and O–H groups in total. The van der Waals surface area contributed by atoms with Gasteiger partial charge in [0.05, 0.1) is 0 Å². The van der Waals surface area contributed by atoms with Gasteiger partial charge in [-0.3, -0.25) is 9.59 Å². The third-order valence-corrected chi connectivity index (χ3v) is 1.53. The number of hydrogen-bond acceptors (Lipinski definition) is 3. The Morgan fingerprint density at radius 1 is 1.31 bits per heavy atom. The first kappa shape index (κ1) is 14.7. The van der Waals surface area contributed by atoms with E-state index < -0.39 is 36.0 Å². The van der Waals surface area contributed by atoms with Crippen molar-refractivity contribution >= 4 is 11.9 Å². The van der Waals surface area contributed by atoms with Crippen molar-refractivity contribution in [2.45, 2.75) is 32.3 Å². The van der Waals surface area contributed by atoms with E-state index in [4.69, 9.17) is 0 Å². The van der Waals surface area contributed by atoms with Gasteiger partial charge in [-0.1, -0.05) is 0 Å². The quantitative estimate of drug-likeness (QED) is 0.590. The normalized spacial score (nSPS) is 14.4.